The molecule has 0 saturated heterocycles. The lowest BCUT2D eigenvalue weighted by molar-refractivity contribution is 0.103. The summed E-state index contributed by atoms with van der Waals surface area (Å²) >= 11 is 0. The van der Waals surface area contributed by atoms with Crippen molar-refractivity contribution in [3.63, 3.8) is 0 Å². The Hall–Kier alpha value is -3.71. The van der Waals surface area contributed by atoms with Gasteiger partial charge in [0.05, 0.1) is 11.3 Å². The van der Waals surface area contributed by atoms with E-state index >= 15 is 0 Å². The van der Waals surface area contributed by atoms with Gasteiger partial charge in [0, 0.05) is 42.9 Å². The Morgan fingerprint density at radius 1 is 1.00 bits per heavy atom. The zero-order valence-corrected chi connectivity index (χ0v) is 18.6. The molecule has 0 amide bonds. The Balaban J connectivity index is 1.77. The van der Waals surface area contributed by atoms with E-state index in [0.29, 0.717) is 47.8 Å². The van der Waals surface area contributed by atoms with Gasteiger partial charge in [-0.1, -0.05) is 55.5 Å². The van der Waals surface area contributed by atoms with Crippen molar-refractivity contribution in [2.75, 3.05) is 19.0 Å². The highest BCUT2D eigenvalue weighted by molar-refractivity contribution is 6.23. The Morgan fingerprint density at radius 2 is 1.73 bits per heavy atom. The molecule has 168 valence electrons. The zero-order chi connectivity index (χ0) is 23.1. The second-order valence-corrected chi connectivity index (χ2v) is 8.34. The van der Waals surface area contributed by atoms with Crippen molar-refractivity contribution in [2.45, 2.75) is 32.2 Å². The maximum Gasteiger partial charge on any atom is 0.329 e. The minimum atomic E-state index is -0.583. The molecule has 5 rings (SSSR count). The molecule has 1 aliphatic heterocycles. The largest absolute Gasteiger partial charge is 0.385 e. The summed E-state index contributed by atoms with van der Waals surface area (Å²) in [7, 11) is 1.61. The molecule has 1 unspecified atom stereocenters. The van der Waals surface area contributed by atoms with Gasteiger partial charge < -0.3 is 10.1 Å². The van der Waals surface area contributed by atoms with E-state index in [2.05, 4.69) is 17.2 Å². The van der Waals surface area contributed by atoms with Crippen LogP contribution >= 0.6 is 0 Å². The van der Waals surface area contributed by atoms with Gasteiger partial charge in [-0.05, 0) is 24.0 Å². The number of H-pyrrole nitrogens is 1. The number of aromatic amines is 1. The molecule has 2 aliphatic rings. The van der Waals surface area contributed by atoms with Crippen molar-refractivity contribution in [1.82, 2.24) is 9.55 Å². The minimum absolute atomic E-state index is 0.0974. The summed E-state index contributed by atoms with van der Waals surface area (Å²) in [6.45, 7) is 2.94. The van der Waals surface area contributed by atoms with Crippen molar-refractivity contribution in [1.29, 1.82) is 0 Å². The fourth-order valence-electron chi connectivity index (χ4n) is 4.82. The third kappa shape index (κ3) is 3.36. The number of methoxy groups -OCH3 is 1. The molecule has 2 N–H and O–H groups in total. The summed E-state index contributed by atoms with van der Waals surface area (Å²) in [6, 6.07) is 15.4. The second-order valence-electron chi connectivity index (χ2n) is 8.34. The number of fused-ring (bicyclic) bond motifs is 3. The summed E-state index contributed by atoms with van der Waals surface area (Å²) in [5.41, 5.74) is 4.03. The van der Waals surface area contributed by atoms with E-state index in [1.54, 1.807) is 17.7 Å². The fraction of sp³-hybridized carbons (Fsp3) is 0.269. The Bertz CT molecular complexity index is 1400. The number of rotatable bonds is 6. The molecule has 1 atom stereocenters. The number of hydrogen-bond donors (Lipinski definition) is 2. The molecule has 0 bridgehead atoms. The van der Waals surface area contributed by atoms with Crippen LogP contribution < -0.4 is 16.6 Å². The van der Waals surface area contributed by atoms with Gasteiger partial charge in [-0.3, -0.25) is 19.1 Å². The number of hydrogen-bond acceptors (Lipinski definition) is 5. The Kier molecular flexibility index (Phi) is 5.34. The number of ether oxygens (including phenoxy) is 1. The lowest BCUT2D eigenvalue weighted by Gasteiger charge is -2.29. The summed E-state index contributed by atoms with van der Waals surface area (Å²) < 4.78 is 6.69. The highest BCUT2D eigenvalue weighted by Crippen LogP contribution is 2.47. The topological polar surface area (TPSA) is 93.2 Å². The van der Waals surface area contributed by atoms with Crippen molar-refractivity contribution in [3.8, 4) is 0 Å². The Labute approximate surface area is 190 Å². The highest BCUT2D eigenvalue weighted by atomic mass is 16.5. The third-order valence-corrected chi connectivity index (χ3v) is 6.46. The van der Waals surface area contributed by atoms with Crippen LogP contribution in [0, 0.1) is 0 Å². The number of aryl methyl sites for hydroxylation is 1. The molecule has 2 heterocycles. The number of aromatic nitrogens is 2. The lowest BCUT2D eigenvalue weighted by Crippen LogP contribution is -2.38. The van der Waals surface area contributed by atoms with Gasteiger partial charge in [0.15, 0.2) is 5.78 Å². The smallest absolute Gasteiger partial charge is 0.329 e. The average molecular weight is 444 g/mol. The molecule has 7 heteroatoms. The predicted molar refractivity (Wildman–Crippen MR) is 127 cm³/mol. The summed E-state index contributed by atoms with van der Waals surface area (Å²) in [4.78, 5) is 41.9. The molecule has 0 fully saturated rings. The third-order valence-electron chi connectivity index (χ3n) is 6.46. The maximum atomic E-state index is 13.5. The molecule has 1 aliphatic carbocycles. The standard InChI is InChI=1S/C26H25N3O4/c1-3-15-9-11-16(12-10-15)19-20-22(17-7-4-5-8-18(17)23(20)30)27-24-21(19)25(31)28-26(32)29(24)13-6-14-33-2/h4-5,7-12,19,27H,3,6,13-14H2,1-2H3,(H,28,31,32). The van der Waals surface area contributed by atoms with E-state index in [-0.39, 0.29) is 5.78 Å². The molecular formula is C26H25N3O4. The number of carbonyl (C=O) groups excluding carboxylic acids is 1. The number of benzene rings is 2. The fourth-order valence-corrected chi connectivity index (χ4v) is 4.82. The van der Waals surface area contributed by atoms with Gasteiger partial charge in [-0.2, -0.15) is 0 Å². The van der Waals surface area contributed by atoms with E-state index in [0.717, 1.165) is 17.5 Å². The number of ketones is 1. The lowest BCUT2D eigenvalue weighted by atomic mass is 9.81. The molecule has 0 saturated carbocycles. The average Bonchev–Trinajstić information content (AvgIpc) is 3.12. The molecule has 0 spiro atoms. The highest BCUT2D eigenvalue weighted by Gasteiger charge is 2.42. The van der Waals surface area contributed by atoms with Crippen LogP contribution in [-0.2, 0) is 17.7 Å². The van der Waals surface area contributed by atoms with Gasteiger partial charge in [0.1, 0.15) is 5.82 Å². The van der Waals surface area contributed by atoms with E-state index < -0.39 is 17.2 Å². The van der Waals surface area contributed by atoms with Crippen LogP contribution in [-0.4, -0.2) is 29.1 Å². The van der Waals surface area contributed by atoms with Crippen molar-refractivity contribution in [2.24, 2.45) is 0 Å². The SMILES string of the molecule is CCc1ccc(C2C3=C(Nc4c2c(=O)[nH]c(=O)n4CCCOC)c2ccccc2C3=O)cc1. The molecule has 3 aromatic rings. The molecule has 1 aromatic heterocycles. The normalized spacial score (nSPS) is 16.3. The van der Waals surface area contributed by atoms with E-state index in [1.165, 1.54) is 5.56 Å². The van der Waals surface area contributed by atoms with Gasteiger partial charge >= 0.3 is 5.69 Å². The van der Waals surface area contributed by atoms with Crippen LogP contribution in [0.2, 0.25) is 0 Å². The van der Waals surface area contributed by atoms with E-state index in [1.807, 2.05) is 42.5 Å². The molecule has 2 aromatic carbocycles. The quantitative estimate of drug-likeness (QED) is 0.570. The van der Waals surface area contributed by atoms with Crippen LogP contribution in [0.15, 0.2) is 63.7 Å². The first-order chi connectivity index (χ1) is 16.0. The Morgan fingerprint density at radius 3 is 2.42 bits per heavy atom. The van der Waals surface area contributed by atoms with Crippen molar-refractivity contribution in [3.05, 3.63) is 103 Å². The van der Waals surface area contributed by atoms with Crippen LogP contribution in [0.3, 0.4) is 0 Å². The number of nitrogens with zero attached hydrogens (tertiary/aromatic N) is 1. The van der Waals surface area contributed by atoms with Gasteiger partial charge in [-0.15, -0.1) is 0 Å². The summed E-state index contributed by atoms with van der Waals surface area (Å²) in [6.07, 6.45) is 1.49. The van der Waals surface area contributed by atoms with Crippen LogP contribution in [0.25, 0.3) is 5.70 Å². The maximum absolute atomic E-state index is 13.5. The van der Waals surface area contributed by atoms with E-state index in [4.69, 9.17) is 4.74 Å². The molecule has 33 heavy (non-hydrogen) atoms. The molecular weight excluding hydrogens is 418 g/mol. The predicted octanol–water partition coefficient (Wildman–Crippen LogP) is 3.30. The number of anilines is 1. The van der Waals surface area contributed by atoms with Gasteiger partial charge in [0.25, 0.3) is 5.56 Å². The minimum Gasteiger partial charge on any atom is -0.385 e. The van der Waals surface area contributed by atoms with Gasteiger partial charge in [-0.25, -0.2) is 4.79 Å². The van der Waals surface area contributed by atoms with Gasteiger partial charge in [0.2, 0.25) is 0 Å². The second kappa shape index (κ2) is 8.33. The molecule has 7 nitrogen and oxygen atoms in total. The number of carbonyl (C=O) groups is 1. The zero-order valence-electron chi connectivity index (χ0n) is 18.6. The van der Waals surface area contributed by atoms with Crippen molar-refractivity contribution < 1.29 is 9.53 Å². The number of allylic oxidation sites excluding steroid dienone is 1. The summed E-state index contributed by atoms with van der Waals surface area (Å²) in [5, 5.41) is 3.31. The number of nitrogens with one attached hydrogen (secondary N) is 2. The molecule has 0 radical (unpaired) electrons. The first kappa shape index (κ1) is 21.2. The van der Waals surface area contributed by atoms with E-state index in [9.17, 15) is 14.4 Å². The number of Topliss-reactive ketones (excluding diaryl/α,β-unsaturated/α-hetero) is 1. The van der Waals surface area contributed by atoms with Crippen LogP contribution in [0.5, 0.6) is 0 Å². The first-order valence-corrected chi connectivity index (χ1v) is 11.1. The monoisotopic (exact) mass is 443 g/mol. The summed E-state index contributed by atoms with van der Waals surface area (Å²) in [5.74, 6) is -0.243. The first-order valence-electron chi connectivity index (χ1n) is 11.1. The van der Waals surface area contributed by atoms with Crippen LogP contribution in [0.4, 0.5) is 5.82 Å². The van der Waals surface area contributed by atoms with Crippen molar-refractivity contribution >= 4 is 17.3 Å². The van der Waals surface area contributed by atoms with Crippen LogP contribution in [0.1, 0.15) is 51.9 Å².